The van der Waals surface area contributed by atoms with E-state index in [1.54, 1.807) is 18.2 Å². The third-order valence-electron chi connectivity index (χ3n) is 7.77. The molecule has 0 aromatic heterocycles. The summed E-state index contributed by atoms with van der Waals surface area (Å²) >= 11 is 0. The Morgan fingerprint density at radius 1 is 0.857 bits per heavy atom. The Balaban J connectivity index is 1.51. The Morgan fingerprint density at radius 2 is 1.60 bits per heavy atom. The lowest BCUT2D eigenvalue weighted by atomic mass is 9.77. The molecule has 0 amide bonds. The van der Waals surface area contributed by atoms with Gasteiger partial charge in [0.05, 0.1) is 5.39 Å². The molecule has 0 atom stereocenters. The minimum absolute atomic E-state index is 0.187. The summed E-state index contributed by atoms with van der Waals surface area (Å²) in [4.78, 5) is 0. The van der Waals surface area contributed by atoms with Crippen LogP contribution in [0.25, 0.3) is 21.9 Å². The number of hydrogen-bond donors (Lipinski definition) is 0. The normalized spacial score (nSPS) is 18.5. The van der Waals surface area contributed by atoms with Crippen molar-refractivity contribution in [2.45, 2.75) is 84.0 Å². The predicted molar refractivity (Wildman–Crippen MR) is 141 cm³/mol. The van der Waals surface area contributed by atoms with E-state index in [0.717, 1.165) is 25.2 Å². The maximum absolute atomic E-state index is 15.1. The van der Waals surface area contributed by atoms with E-state index in [2.05, 4.69) is 38.1 Å². The van der Waals surface area contributed by atoms with E-state index in [-0.39, 0.29) is 10.9 Å². The highest BCUT2D eigenvalue weighted by molar-refractivity contribution is 5.89. The highest BCUT2D eigenvalue weighted by atomic mass is 19.2. The zero-order valence-corrected chi connectivity index (χ0v) is 21.1. The van der Waals surface area contributed by atoms with Crippen molar-refractivity contribution in [1.29, 1.82) is 0 Å². The van der Waals surface area contributed by atoms with Crippen molar-refractivity contribution in [3.8, 4) is 11.1 Å². The molecule has 0 nitrogen and oxygen atoms in total. The quantitative estimate of drug-likeness (QED) is 0.212. The molecular weight excluding hydrogens is 441 g/mol. The van der Waals surface area contributed by atoms with Crippen LogP contribution < -0.4 is 0 Å². The van der Waals surface area contributed by atoms with E-state index in [9.17, 15) is 0 Å². The van der Waals surface area contributed by atoms with Crippen molar-refractivity contribution in [1.82, 2.24) is 0 Å². The van der Waals surface area contributed by atoms with E-state index in [0.29, 0.717) is 28.9 Å². The molecule has 1 fully saturated rings. The second-order valence-corrected chi connectivity index (χ2v) is 10.1. The van der Waals surface area contributed by atoms with E-state index >= 15 is 13.2 Å². The molecule has 0 radical (unpaired) electrons. The average Bonchev–Trinajstić information content (AvgIpc) is 2.88. The molecule has 0 N–H and O–H groups in total. The topological polar surface area (TPSA) is 0 Å². The van der Waals surface area contributed by atoms with Crippen molar-refractivity contribution < 1.29 is 13.2 Å². The van der Waals surface area contributed by atoms with Crippen LogP contribution in [0.3, 0.4) is 0 Å². The Kier molecular flexibility index (Phi) is 8.70. The minimum atomic E-state index is -1.09. The zero-order chi connectivity index (χ0) is 24.8. The molecule has 0 spiro atoms. The van der Waals surface area contributed by atoms with Gasteiger partial charge in [0.25, 0.3) is 0 Å². The van der Waals surface area contributed by atoms with Crippen LogP contribution in [0.1, 0.15) is 88.7 Å². The van der Waals surface area contributed by atoms with Crippen LogP contribution in [0, 0.1) is 23.4 Å². The minimum Gasteiger partial charge on any atom is -0.206 e. The largest absolute Gasteiger partial charge is 0.206 e. The molecule has 3 aromatic carbocycles. The first-order valence-corrected chi connectivity index (χ1v) is 13.3. The highest BCUT2D eigenvalue weighted by Gasteiger charge is 2.23. The summed E-state index contributed by atoms with van der Waals surface area (Å²) < 4.78 is 45.2. The van der Waals surface area contributed by atoms with Gasteiger partial charge in [-0.2, -0.15) is 0 Å². The summed E-state index contributed by atoms with van der Waals surface area (Å²) in [5.41, 5.74) is 2.54. The van der Waals surface area contributed by atoms with Gasteiger partial charge in [0.2, 0.25) is 0 Å². The molecule has 1 saturated carbocycles. The van der Waals surface area contributed by atoms with Crippen LogP contribution in [0.5, 0.6) is 0 Å². The average molecular weight is 479 g/mol. The summed E-state index contributed by atoms with van der Waals surface area (Å²) in [6, 6.07) is 12.9. The lowest BCUT2D eigenvalue weighted by Gasteiger charge is -2.28. The molecule has 186 valence electrons. The molecule has 4 rings (SSSR count). The number of unbranched alkanes of at least 4 members (excludes halogenated alkanes) is 2. The van der Waals surface area contributed by atoms with Crippen LogP contribution in [0.2, 0.25) is 0 Å². The number of hydrogen-bond acceptors (Lipinski definition) is 0. The van der Waals surface area contributed by atoms with Crippen LogP contribution in [-0.4, -0.2) is 0 Å². The van der Waals surface area contributed by atoms with Gasteiger partial charge in [-0.3, -0.25) is 0 Å². The maximum atomic E-state index is 15.1. The summed E-state index contributed by atoms with van der Waals surface area (Å²) in [5.74, 6) is -1.35. The van der Waals surface area contributed by atoms with Crippen LogP contribution in [-0.2, 0) is 6.42 Å². The van der Waals surface area contributed by atoms with Gasteiger partial charge in [-0.05, 0) is 98.3 Å². The van der Waals surface area contributed by atoms with Gasteiger partial charge in [0.15, 0.2) is 11.6 Å². The van der Waals surface area contributed by atoms with Crippen molar-refractivity contribution in [2.24, 2.45) is 5.92 Å². The summed E-state index contributed by atoms with van der Waals surface area (Å²) in [5, 5.41) is 0.166. The van der Waals surface area contributed by atoms with Gasteiger partial charge < -0.3 is 0 Å². The fourth-order valence-corrected chi connectivity index (χ4v) is 5.61. The Bertz CT molecular complexity index is 1150. The second-order valence-electron chi connectivity index (χ2n) is 10.1. The number of halogens is 3. The van der Waals surface area contributed by atoms with Crippen LogP contribution >= 0.6 is 0 Å². The van der Waals surface area contributed by atoms with E-state index in [1.165, 1.54) is 44.1 Å². The van der Waals surface area contributed by atoms with Crippen LogP contribution in [0.4, 0.5) is 13.2 Å². The van der Waals surface area contributed by atoms with Gasteiger partial charge in [0.1, 0.15) is 5.82 Å². The molecule has 0 bridgehead atoms. The van der Waals surface area contributed by atoms with Gasteiger partial charge in [-0.15, -0.1) is 0 Å². The number of fused-ring (bicyclic) bond motifs is 1. The standard InChI is InChI=1S/C32H37F3/c1-3-5-7-9-22-11-13-23(14-12-22)24-15-17-25(18-16-24)28-21-27-20-19-26(10-8-6-4-2)30(33)29(27)32(35)31(28)34/h3,5,15-23H,4,6-14H2,1-2H3/b5-3+. The molecule has 3 heteroatoms. The Morgan fingerprint density at radius 3 is 2.29 bits per heavy atom. The molecule has 35 heavy (non-hydrogen) atoms. The number of benzene rings is 3. The zero-order valence-electron chi connectivity index (χ0n) is 21.1. The molecule has 3 aromatic rings. The fourth-order valence-electron chi connectivity index (χ4n) is 5.61. The molecule has 0 heterocycles. The molecule has 0 unspecified atom stereocenters. The third-order valence-corrected chi connectivity index (χ3v) is 7.77. The van der Waals surface area contributed by atoms with Crippen molar-refractivity contribution in [3.63, 3.8) is 0 Å². The van der Waals surface area contributed by atoms with Gasteiger partial charge in [0, 0.05) is 5.56 Å². The van der Waals surface area contributed by atoms with Gasteiger partial charge >= 0.3 is 0 Å². The first kappa shape index (κ1) is 25.5. The highest BCUT2D eigenvalue weighted by Crippen LogP contribution is 2.39. The van der Waals surface area contributed by atoms with Crippen LogP contribution in [0.15, 0.2) is 54.6 Å². The van der Waals surface area contributed by atoms with Gasteiger partial charge in [-0.1, -0.05) is 68.3 Å². The molecule has 1 aliphatic rings. The molecular formula is C32H37F3. The lowest BCUT2D eigenvalue weighted by Crippen LogP contribution is -2.13. The van der Waals surface area contributed by atoms with E-state index in [1.807, 2.05) is 12.1 Å². The monoisotopic (exact) mass is 478 g/mol. The Labute approximate surface area is 208 Å². The van der Waals surface area contributed by atoms with Crippen molar-refractivity contribution >= 4 is 10.8 Å². The second kappa shape index (κ2) is 11.9. The number of allylic oxidation sites excluding steroid dienone is 2. The fraction of sp³-hybridized carbons (Fsp3) is 0.438. The maximum Gasteiger partial charge on any atom is 0.170 e. The lowest BCUT2D eigenvalue weighted by molar-refractivity contribution is 0.312. The smallest absolute Gasteiger partial charge is 0.170 e. The van der Waals surface area contributed by atoms with E-state index in [4.69, 9.17) is 0 Å². The molecule has 0 aliphatic heterocycles. The van der Waals surface area contributed by atoms with Crippen molar-refractivity contribution in [3.05, 3.63) is 83.2 Å². The first-order chi connectivity index (χ1) is 17.0. The number of rotatable bonds is 9. The number of aryl methyl sites for hydroxylation is 1. The Hall–Kier alpha value is -2.55. The molecule has 0 saturated heterocycles. The van der Waals surface area contributed by atoms with E-state index < -0.39 is 17.5 Å². The SMILES string of the molecule is C/C=C/CCC1CCC(c2ccc(-c3cc4ccc(CCCCC)c(F)c4c(F)c3F)cc2)CC1. The summed E-state index contributed by atoms with van der Waals surface area (Å²) in [6.45, 7) is 4.15. The van der Waals surface area contributed by atoms with Crippen molar-refractivity contribution in [2.75, 3.05) is 0 Å². The predicted octanol–water partition coefficient (Wildman–Crippen LogP) is 10.3. The summed E-state index contributed by atoms with van der Waals surface area (Å²) in [6.07, 6.45) is 15.1. The van der Waals surface area contributed by atoms with Gasteiger partial charge in [-0.25, -0.2) is 13.2 Å². The molecule has 1 aliphatic carbocycles. The first-order valence-electron chi connectivity index (χ1n) is 13.3. The third kappa shape index (κ3) is 5.82. The summed E-state index contributed by atoms with van der Waals surface area (Å²) in [7, 11) is 0.